The Morgan fingerprint density at radius 1 is 1.11 bits per heavy atom. The summed E-state index contributed by atoms with van der Waals surface area (Å²) in [7, 11) is -1.95. The molecule has 0 aliphatic rings. The van der Waals surface area contributed by atoms with Crippen molar-refractivity contribution >= 4 is 28.2 Å². The first-order valence-corrected chi connectivity index (χ1v) is 9.57. The van der Waals surface area contributed by atoms with Gasteiger partial charge in [0, 0.05) is 0 Å². The molecule has 0 spiro atoms. The van der Waals surface area contributed by atoms with Crippen LogP contribution in [-0.2, 0) is 11.0 Å². The van der Waals surface area contributed by atoms with E-state index in [0.717, 1.165) is 11.3 Å². The Kier molecular flexibility index (Phi) is 7.47. The summed E-state index contributed by atoms with van der Waals surface area (Å²) in [5.41, 5.74) is 5.21. The van der Waals surface area contributed by atoms with Crippen LogP contribution in [0.2, 0.25) is 0 Å². The Morgan fingerprint density at radius 3 is 2.36 bits per heavy atom. The SMILES string of the molecule is CC(=Nc1cccc(C)c1)N/N=C(\C)[C@@H](C)NS(=O)c1cc(F)c(F)c(F)c1. The molecule has 0 aliphatic heterocycles. The molecule has 150 valence electrons. The average molecular weight is 410 g/mol. The van der Waals surface area contributed by atoms with E-state index in [1.165, 1.54) is 0 Å². The topological polar surface area (TPSA) is 65.8 Å². The van der Waals surface area contributed by atoms with Crippen LogP contribution in [0.15, 0.2) is 51.4 Å². The summed E-state index contributed by atoms with van der Waals surface area (Å²) in [5, 5.41) is 4.17. The molecule has 0 bridgehead atoms. The first-order chi connectivity index (χ1) is 13.2. The summed E-state index contributed by atoms with van der Waals surface area (Å²) in [4.78, 5) is 4.18. The molecule has 2 N–H and O–H groups in total. The minimum Gasteiger partial charge on any atom is -0.265 e. The molecule has 9 heteroatoms. The molecule has 2 aromatic carbocycles. The minimum absolute atomic E-state index is 0.207. The third-order valence-electron chi connectivity index (χ3n) is 3.77. The highest BCUT2D eigenvalue weighted by Gasteiger charge is 2.16. The van der Waals surface area contributed by atoms with E-state index in [9.17, 15) is 17.4 Å². The predicted octanol–water partition coefficient (Wildman–Crippen LogP) is 4.13. The van der Waals surface area contributed by atoms with Crippen LogP contribution in [0.4, 0.5) is 18.9 Å². The van der Waals surface area contributed by atoms with Crippen molar-refractivity contribution < 1.29 is 17.4 Å². The van der Waals surface area contributed by atoms with E-state index >= 15 is 0 Å². The Balaban J connectivity index is 2.01. The maximum atomic E-state index is 13.3. The van der Waals surface area contributed by atoms with Crippen LogP contribution in [0.3, 0.4) is 0 Å². The van der Waals surface area contributed by atoms with Gasteiger partial charge >= 0.3 is 0 Å². The van der Waals surface area contributed by atoms with Crippen molar-refractivity contribution in [2.24, 2.45) is 10.1 Å². The fourth-order valence-electron chi connectivity index (χ4n) is 2.14. The zero-order valence-corrected chi connectivity index (χ0v) is 16.7. The number of aryl methyl sites for hydroxylation is 1. The molecule has 2 rings (SSSR count). The Labute approximate surface area is 164 Å². The van der Waals surface area contributed by atoms with Crippen LogP contribution in [0.5, 0.6) is 0 Å². The van der Waals surface area contributed by atoms with Crippen LogP contribution in [0, 0.1) is 24.4 Å². The quantitative estimate of drug-likeness (QED) is 0.326. The molecule has 0 saturated carbocycles. The van der Waals surface area contributed by atoms with E-state index in [1.54, 1.807) is 20.8 Å². The highest BCUT2D eigenvalue weighted by molar-refractivity contribution is 7.83. The standard InChI is InChI=1S/C19H21F3N4OS/c1-11-6-5-7-15(8-11)23-14(4)25-24-12(2)13(3)26-28(27)16-9-17(20)19(22)18(21)10-16/h5-10,13,26H,1-4H3,(H,23,25)/b24-12+/t13-,28?/m1/s1. The Morgan fingerprint density at radius 2 is 1.75 bits per heavy atom. The third-order valence-corrected chi connectivity index (χ3v) is 5.01. The van der Waals surface area contributed by atoms with Crippen LogP contribution in [0.1, 0.15) is 26.3 Å². The zero-order valence-electron chi connectivity index (χ0n) is 15.9. The lowest BCUT2D eigenvalue weighted by molar-refractivity contribution is 0.443. The number of rotatable bonds is 6. The number of halogens is 3. The Bertz CT molecular complexity index is 924. The number of amidine groups is 1. The van der Waals surface area contributed by atoms with Crippen molar-refractivity contribution in [2.45, 2.75) is 38.6 Å². The fourth-order valence-corrected chi connectivity index (χ4v) is 3.18. The number of hydrazone groups is 1. The summed E-state index contributed by atoms with van der Waals surface area (Å²) < 4.78 is 54.5. The number of hydrogen-bond acceptors (Lipinski definition) is 3. The zero-order chi connectivity index (χ0) is 20.8. The highest BCUT2D eigenvalue weighted by Crippen LogP contribution is 2.16. The monoisotopic (exact) mass is 410 g/mol. The summed E-state index contributed by atoms with van der Waals surface area (Å²) in [6.45, 7) is 7.09. The van der Waals surface area contributed by atoms with Gasteiger partial charge in [-0.1, -0.05) is 12.1 Å². The number of benzene rings is 2. The van der Waals surface area contributed by atoms with E-state index in [1.807, 2.05) is 31.2 Å². The molecular weight excluding hydrogens is 389 g/mol. The molecule has 0 saturated heterocycles. The van der Waals surface area contributed by atoms with E-state index in [4.69, 9.17) is 0 Å². The molecule has 0 fully saturated rings. The molecule has 2 atom stereocenters. The lowest BCUT2D eigenvalue weighted by Gasteiger charge is -2.13. The Hall–Kier alpha value is -2.52. The first-order valence-electron chi connectivity index (χ1n) is 8.42. The smallest absolute Gasteiger partial charge is 0.194 e. The van der Waals surface area contributed by atoms with Gasteiger partial charge in [-0.2, -0.15) is 5.10 Å². The van der Waals surface area contributed by atoms with Crippen molar-refractivity contribution in [1.82, 2.24) is 10.1 Å². The van der Waals surface area contributed by atoms with Crippen LogP contribution >= 0.6 is 0 Å². The fraction of sp³-hybridized carbons (Fsp3) is 0.263. The van der Waals surface area contributed by atoms with Crippen molar-refractivity contribution in [2.75, 3.05) is 0 Å². The molecule has 2 aromatic rings. The van der Waals surface area contributed by atoms with Gasteiger partial charge in [0.15, 0.2) is 17.5 Å². The van der Waals surface area contributed by atoms with Gasteiger partial charge in [-0.3, -0.25) is 5.43 Å². The van der Waals surface area contributed by atoms with E-state index in [-0.39, 0.29) is 4.90 Å². The van der Waals surface area contributed by atoms with Gasteiger partial charge in [-0.15, -0.1) is 0 Å². The maximum absolute atomic E-state index is 13.3. The highest BCUT2D eigenvalue weighted by atomic mass is 32.2. The molecule has 0 heterocycles. The maximum Gasteiger partial charge on any atom is 0.194 e. The minimum atomic E-state index is -1.95. The van der Waals surface area contributed by atoms with Gasteiger partial charge in [0.25, 0.3) is 0 Å². The molecule has 1 unspecified atom stereocenters. The van der Waals surface area contributed by atoms with Gasteiger partial charge in [0.2, 0.25) is 0 Å². The molecule has 0 radical (unpaired) electrons. The van der Waals surface area contributed by atoms with Crippen LogP contribution in [-0.4, -0.2) is 21.8 Å². The number of nitrogens with zero attached hydrogens (tertiary/aromatic N) is 2. The van der Waals surface area contributed by atoms with Crippen molar-refractivity contribution in [3.8, 4) is 0 Å². The van der Waals surface area contributed by atoms with Crippen molar-refractivity contribution in [3.63, 3.8) is 0 Å². The summed E-state index contributed by atoms with van der Waals surface area (Å²) in [5.74, 6) is -3.83. The second-order valence-electron chi connectivity index (χ2n) is 6.21. The molecular formula is C19H21F3N4OS. The summed E-state index contributed by atoms with van der Waals surface area (Å²) >= 11 is 0. The summed E-state index contributed by atoms with van der Waals surface area (Å²) in [6, 6.07) is 8.56. The number of hydrogen-bond donors (Lipinski definition) is 2. The predicted molar refractivity (Wildman–Crippen MR) is 106 cm³/mol. The van der Waals surface area contributed by atoms with Gasteiger partial charge in [-0.05, 0) is 57.5 Å². The normalized spacial score (nSPS) is 14.7. The van der Waals surface area contributed by atoms with Gasteiger partial charge in [0.05, 0.1) is 22.3 Å². The van der Waals surface area contributed by atoms with Crippen molar-refractivity contribution in [1.29, 1.82) is 0 Å². The molecule has 0 aromatic heterocycles. The van der Waals surface area contributed by atoms with Crippen LogP contribution < -0.4 is 10.1 Å². The van der Waals surface area contributed by atoms with E-state index < -0.39 is 34.5 Å². The second kappa shape index (κ2) is 9.61. The largest absolute Gasteiger partial charge is 0.265 e. The van der Waals surface area contributed by atoms with Gasteiger partial charge < -0.3 is 0 Å². The lowest BCUT2D eigenvalue weighted by Crippen LogP contribution is -2.35. The number of nitrogens with one attached hydrogen (secondary N) is 2. The molecule has 0 aliphatic carbocycles. The summed E-state index contributed by atoms with van der Waals surface area (Å²) in [6.07, 6.45) is 0. The molecule has 0 amide bonds. The third kappa shape index (κ3) is 6.00. The van der Waals surface area contributed by atoms with E-state index in [0.29, 0.717) is 23.7 Å². The van der Waals surface area contributed by atoms with Gasteiger partial charge in [-0.25, -0.2) is 27.1 Å². The first kappa shape index (κ1) is 21.8. The average Bonchev–Trinajstić information content (AvgIpc) is 2.63. The number of aliphatic imine (C=N–C) groups is 1. The van der Waals surface area contributed by atoms with Crippen LogP contribution in [0.25, 0.3) is 0 Å². The second-order valence-corrected chi connectivity index (χ2v) is 7.45. The molecule has 5 nitrogen and oxygen atoms in total. The van der Waals surface area contributed by atoms with Gasteiger partial charge in [0.1, 0.15) is 16.8 Å². The van der Waals surface area contributed by atoms with Crippen molar-refractivity contribution in [3.05, 3.63) is 59.4 Å². The molecule has 28 heavy (non-hydrogen) atoms. The lowest BCUT2D eigenvalue weighted by atomic mass is 10.2. The van der Waals surface area contributed by atoms with E-state index in [2.05, 4.69) is 20.2 Å².